The summed E-state index contributed by atoms with van der Waals surface area (Å²) in [5, 5.41) is 3.08. The van der Waals surface area contributed by atoms with Crippen molar-refractivity contribution in [3.05, 3.63) is 83.2 Å². The Labute approximate surface area is 152 Å². The molecule has 1 aromatic carbocycles. The van der Waals surface area contributed by atoms with Gasteiger partial charge in [0.05, 0.1) is 24.4 Å². The fourth-order valence-corrected chi connectivity index (χ4v) is 2.73. The maximum absolute atomic E-state index is 12.8. The molecule has 1 N–H and O–H groups in total. The Kier molecular flexibility index (Phi) is 5.22. The lowest BCUT2D eigenvalue weighted by atomic mass is 9.99. The SMILES string of the molecule is COc1ccc([C@H](NC(=O)c2cnc(C)nc2C)c2ccncc2)cc1. The third kappa shape index (κ3) is 3.85. The Morgan fingerprint density at radius 2 is 1.69 bits per heavy atom. The van der Waals surface area contributed by atoms with Crippen LogP contribution in [0.5, 0.6) is 5.75 Å². The average Bonchev–Trinajstić information content (AvgIpc) is 2.67. The van der Waals surface area contributed by atoms with Crippen molar-refractivity contribution in [3.63, 3.8) is 0 Å². The minimum atomic E-state index is -0.322. The number of aromatic nitrogens is 3. The first kappa shape index (κ1) is 17.5. The van der Waals surface area contributed by atoms with Crippen molar-refractivity contribution in [1.29, 1.82) is 0 Å². The molecule has 0 bridgehead atoms. The number of carbonyl (C=O) groups excluding carboxylic acids is 1. The van der Waals surface area contributed by atoms with E-state index in [2.05, 4.69) is 20.3 Å². The molecule has 0 aliphatic carbocycles. The molecule has 1 atom stereocenters. The Balaban J connectivity index is 1.94. The molecule has 2 heterocycles. The molecule has 26 heavy (non-hydrogen) atoms. The van der Waals surface area contributed by atoms with Crippen molar-refractivity contribution >= 4 is 5.91 Å². The second kappa shape index (κ2) is 7.74. The summed E-state index contributed by atoms with van der Waals surface area (Å²) in [5.74, 6) is 1.18. The van der Waals surface area contributed by atoms with Crippen LogP contribution in [-0.4, -0.2) is 28.0 Å². The second-order valence-electron chi connectivity index (χ2n) is 5.88. The van der Waals surface area contributed by atoms with Crippen molar-refractivity contribution in [2.75, 3.05) is 7.11 Å². The van der Waals surface area contributed by atoms with E-state index in [0.717, 1.165) is 16.9 Å². The van der Waals surface area contributed by atoms with Gasteiger partial charge in [-0.25, -0.2) is 9.97 Å². The standard InChI is InChI=1S/C20H20N4O2/c1-13-18(12-22-14(2)23-13)20(25)24-19(16-8-10-21-11-9-16)15-4-6-17(26-3)7-5-15/h4-12,19H,1-3H3,(H,24,25)/t19-/m0/s1. The zero-order valence-corrected chi connectivity index (χ0v) is 14.9. The van der Waals surface area contributed by atoms with E-state index in [-0.39, 0.29) is 11.9 Å². The number of nitrogens with one attached hydrogen (secondary N) is 1. The number of methoxy groups -OCH3 is 1. The molecule has 0 aliphatic heterocycles. The van der Waals surface area contributed by atoms with Crippen LogP contribution in [0.4, 0.5) is 0 Å². The first-order valence-electron chi connectivity index (χ1n) is 8.23. The van der Waals surface area contributed by atoms with Crippen molar-refractivity contribution < 1.29 is 9.53 Å². The van der Waals surface area contributed by atoms with Gasteiger partial charge in [-0.1, -0.05) is 12.1 Å². The van der Waals surface area contributed by atoms with Gasteiger partial charge >= 0.3 is 0 Å². The number of benzene rings is 1. The topological polar surface area (TPSA) is 77.0 Å². The van der Waals surface area contributed by atoms with Gasteiger partial charge in [-0.05, 0) is 49.2 Å². The summed E-state index contributed by atoms with van der Waals surface area (Å²) in [4.78, 5) is 25.3. The minimum absolute atomic E-state index is 0.222. The molecule has 0 fully saturated rings. The van der Waals surface area contributed by atoms with Crippen molar-refractivity contribution in [2.24, 2.45) is 0 Å². The molecule has 0 saturated heterocycles. The molecule has 0 unspecified atom stereocenters. The molecule has 132 valence electrons. The monoisotopic (exact) mass is 348 g/mol. The van der Waals surface area contributed by atoms with Crippen LogP contribution in [-0.2, 0) is 0 Å². The molecule has 3 rings (SSSR count). The predicted octanol–water partition coefficient (Wildman–Crippen LogP) is 3.02. The first-order valence-corrected chi connectivity index (χ1v) is 8.23. The van der Waals surface area contributed by atoms with Crippen LogP contribution in [0, 0.1) is 13.8 Å². The number of hydrogen-bond donors (Lipinski definition) is 1. The Bertz CT molecular complexity index is 895. The van der Waals surface area contributed by atoms with Gasteiger partial charge in [0.2, 0.25) is 0 Å². The molecule has 3 aromatic rings. The summed E-state index contributed by atoms with van der Waals surface area (Å²) < 4.78 is 5.22. The van der Waals surface area contributed by atoms with Crippen LogP contribution in [0.1, 0.15) is 39.0 Å². The third-order valence-corrected chi connectivity index (χ3v) is 4.11. The van der Waals surface area contributed by atoms with Crippen LogP contribution in [0.25, 0.3) is 0 Å². The molecule has 1 amide bonds. The van der Waals surface area contributed by atoms with E-state index in [1.54, 1.807) is 39.5 Å². The highest BCUT2D eigenvalue weighted by molar-refractivity contribution is 5.95. The highest BCUT2D eigenvalue weighted by Crippen LogP contribution is 2.24. The summed E-state index contributed by atoms with van der Waals surface area (Å²) in [5.41, 5.74) is 2.99. The number of hydrogen-bond acceptors (Lipinski definition) is 5. The van der Waals surface area contributed by atoms with Crippen molar-refractivity contribution in [1.82, 2.24) is 20.3 Å². The zero-order chi connectivity index (χ0) is 18.5. The molecule has 6 nitrogen and oxygen atoms in total. The van der Waals surface area contributed by atoms with Gasteiger partial charge in [0, 0.05) is 18.6 Å². The van der Waals surface area contributed by atoms with E-state index in [1.165, 1.54) is 0 Å². The average molecular weight is 348 g/mol. The van der Waals surface area contributed by atoms with E-state index >= 15 is 0 Å². The largest absolute Gasteiger partial charge is 0.497 e. The van der Waals surface area contributed by atoms with Crippen molar-refractivity contribution in [3.8, 4) is 5.75 Å². The van der Waals surface area contributed by atoms with Gasteiger partial charge in [-0.2, -0.15) is 0 Å². The van der Waals surface area contributed by atoms with Crippen LogP contribution in [0.2, 0.25) is 0 Å². The maximum atomic E-state index is 12.8. The van der Waals surface area contributed by atoms with Gasteiger partial charge in [0.1, 0.15) is 11.6 Å². The van der Waals surface area contributed by atoms with E-state index in [4.69, 9.17) is 4.74 Å². The molecule has 0 saturated carbocycles. The lowest BCUT2D eigenvalue weighted by molar-refractivity contribution is 0.0941. The number of carbonyl (C=O) groups is 1. The van der Waals surface area contributed by atoms with Crippen LogP contribution >= 0.6 is 0 Å². The van der Waals surface area contributed by atoms with E-state index < -0.39 is 0 Å². The van der Waals surface area contributed by atoms with Gasteiger partial charge < -0.3 is 10.1 Å². The molecule has 0 spiro atoms. The van der Waals surface area contributed by atoms with Crippen LogP contribution in [0.3, 0.4) is 0 Å². The lowest BCUT2D eigenvalue weighted by Gasteiger charge is -2.20. The number of nitrogens with zero attached hydrogens (tertiary/aromatic N) is 3. The van der Waals surface area contributed by atoms with Crippen LogP contribution < -0.4 is 10.1 Å². The normalized spacial score (nSPS) is 11.7. The summed E-state index contributed by atoms with van der Waals surface area (Å²) in [6.07, 6.45) is 4.97. The summed E-state index contributed by atoms with van der Waals surface area (Å²) >= 11 is 0. The predicted molar refractivity (Wildman–Crippen MR) is 98.0 cm³/mol. The Morgan fingerprint density at radius 3 is 2.31 bits per heavy atom. The number of ether oxygens (including phenoxy) is 1. The molecular weight excluding hydrogens is 328 g/mol. The molecular formula is C20H20N4O2. The third-order valence-electron chi connectivity index (χ3n) is 4.11. The van der Waals surface area contributed by atoms with E-state index in [9.17, 15) is 4.79 Å². The molecule has 0 radical (unpaired) electrons. The number of rotatable bonds is 5. The first-order chi connectivity index (χ1) is 12.6. The van der Waals surface area contributed by atoms with Gasteiger partial charge in [0.25, 0.3) is 5.91 Å². The van der Waals surface area contributed by atoms with Crippen LogP contribution in [0.15, 0.2) is 55.0 Å². The summed E-state index contributed by atoms with van der Waals surface area (Å²) in [6, 6.07) is 11.1. The van der Waals surface area contributed by atoms with Gasteiger partial charge in [-0.15, -0.1) is 0 Å². The molecule has 6 heteroatoms. The summed E-state index contributed by atoms with van der Waals surface area (Å²) in [6.45, 7) is 3.60. The van der Waals surface area contributed by atoms with E-state index in [0.29, 0.717) is 17.1 Å². The van der Waals surface area contributed by atoms with Crippen molar-refractivity contribution in [2.45, 2.75) is 19.9 Å². The smallest absolute Gasteiger partial charge is 0.255 e. The Hall–Kier alpha value is -3.28. The molecule has 0 aliphatic rings. The number of amides is 1. The summed E-state index contributed by atoms with van der Waals surface area (Å²) in [7, 11) is 1.62. The number of pyridine rings is 1. The fraction of sp³-hybridized carbons (Fsp3) is 0.200. The van der Waals surface area contributed by atoms with Gasteiger partial charge in [-0.3, -0.25) is 9.78 Å². The zero-order valence-electron chi connectivity index (χ0n) is 14.9. The minimum Gasteiger partial charge on any atom is -0.497 e. The molecule has 2 aromatic heterocycles. The number of aryl methyl sites for hydroxylation is 2. The van der Waals surface area contributed by atoms with E-state index in [1.807, 2.05) is 36.4 Å². The second-order valence-corrected chi connectivity index (χ2v) is 5.88. The highest BCUT2D eigenvalue weighted by atomic mass is 16.5. The maximum Gasteiger partial charge on any atom is 0.255 e. The quantitative estimate of drug-likeness (QED) is 0.767. The highest BCUT2D eigenvalue weighted by Gasteiger charge is 2.20. The van der Waals surface area contributed by atoms with Gasteiger partial charge in [0.15, 0.2) is 0 Å². The lowest BCUT2D eigenvalue weighted by Crippen LogP contribution is -2.30. The Morgan fingerprint density at radius 1 is 1.04 bits per heavy atom. The fourth-order valence-electron chi connectivity index (χ4n) is 2.73.